The van der Waals surface area contributed by atoms with E-state index in [4.69, 9.17) is 4.74 Å². The van der Waals surface area contributed by atoms with Crippen molar-refractivity contribution in [2.24, 2.45) is 5.92 Å². The van der Waals surface area contributed by atoms with Crippen molar-refractivity contribution >= 4 is 5.91 Å². The number of ether oxygens (including phenoxy) is 1. The van der Waals surface area contributed by atoms with E-state index in [9.17, 15) is 9.90 Å². The van der Waals surface area contributed by atoms with Gasteiger partial charge >= 0.3 is 0 Å². The molecule has 0 aromatic rings. The maximum absolute atomic E-state index is 12.8. The summed E-state index contributed by atoms with van der Waals surface area (Å²) in [5.41, 5.74) is 0. The second-order valence-corrected chi connectivity index (χ2v) is 5.90. The number of hydrogen-bond donors (Lipinski definition) is 2. The Morgan fingerprint density at radius 1 is 1.40 bits per heavy atom. The molecule has 5 nitrogen and oxygen atoms in total. The number of piperidine rings is 1. The van der Waals surface area contributed by atoms with Gasteiger partial charge in [0.25, 0.3) is 0 Å². The fraction of sp³-hybridized carbons (Fsp3) is 0.933. The van der Waals surface area contributed by atoms with Crippen molar-refractivity contribution in [1.82, 2.24) is 10.2 Å². The van der Waals surface area contributed by atoms with Gasteiger partial charge < -0.3 is 20.1 Å². The summed E-state index contributed by atoms with van der Waals surface area (Å²) in [5.74, 6) is 0.162. The monoisotopic (exact) mass is 284 g/mol. The molecule has 3 atom stereocenters. The molecule has 3 unspecified atom stereocenters. The van der Waals surface area contributed by atoms with E-state index in [1.165, 1.54) is 0 Å². The van der Waals surface area contributed by atoms with Gasteiger partial charge in [-0.25, -0.2) is 0 Å². The molecule has 116 valence electrons. The van der Waals surface area contributed by atoms with E-state index in [0.717, 1.165) is 38.8 Å². The highest BCUT2D eigenvalue weighted by atomic mass is 16.5. The smallest absolute Gasteiger partial charge is 0.229 e. The minimum atomic E-state index is -0.0548. The summed E-state index contributed by atoms with van der Waals surface area (Å²) in [6.07, 6.45) is 5.02. The summed E-state index contributed by atoms with van der Waals surface area (Å²) in [6, 6.07) is 0.368. The van der Waals surface area contributed by atoms with Crippen LogP contribution in [0.15, 0.2) is 0 Å². The van der Waals surface area contributed by atoms with Crippen molar-refractivity contribution in [1.29, 1.82) is 0 Å². The van der Waals surface area contributed by atoms with Crippen LogP contribution < -0.4 is 5.32 Å². The highest BCUT2D eigenvalue weighted by molar-refractivity contribution is 5.80. The quantitative estimate of drug-likeness (QED) is 0.756. The standard InChI is InChI=1S/C15H28N2O3/c1-2-7-16-14-11-20-10-13(14)15(19)17-8-4-3-5-12(17)6-9-18/h12-14,16,18H,2-11H2,1H3. The van der Waals surface area contributed by atoms with Gasteiger partial charge in [-0.15, -0.1) is 0 Å². The van der Waals surface area contributed by atoms with Gasteiger partial charge in [0.05, 0.1) is 19.1 Å². The van der Waals surface area contributed by atoms with E-state index in [1.807, 2.05) is 4.90 Å². The van der Waals surface area contributed by atoms with Crippen LogP contribution in [0.2, 0.25) is 0 Å². The minimum Gasteiger partial charge on any atom is -0.396 e. The van der Waals surface area contributed by atoms with E-state index in [0.29, 0.717) is 19.6 Å². The van der Waals surface area contributed by atoms with Crippen molar-refractivity contribution in [3.63, 3.8) is 0 Å². The molecule has 0 aromatic carbocycles. The highest BCUT2D eigenvalue weighted by Crippen LogP contribution is 2.24. The minimum absolute atomic E-state index is 0.0548. The van der Waals surface area contributed by atoms with Gasteiger partial charge in [0.15, 0.2) is 0 Å². The van der Waals surface area contributed by atoms with E-state index in [1.54, 1.807) is 0 Å². The molecule has 0 bridgehead atoms. The zero-order valence-corrected chi connectivity index (χ0v) is 12.5. The predicted molar refractivity (Wildman–Crippen MR) is 77.4 cm³/mol. The highest BCUT2D eigenvalue weighted by Gasteiger charge is 2.38. The molecule has 0 saturated carbocycles. The Kier molecular flexibility index (Phi) is 6.26. The first kappa shape index (κ1) is 15.7. The molecular weight excluding hydrogens is 256 g/mol. The zero-order chi connectivity index (χ0) is 14.4. The van der Waals surface area contributed by atoms with Crippen LogP contribution in [0.3, 0.4) is 0 Å². The Labute approximate surface area is 121 Å². The number of hydrogen-bond acceptors (Lipinski definition) is 4. The Bertz CT molecular complexity index is 309. The number of rotatable bonds is 6. The van der Waals surface area contributed by atoms with Gasteiger partial charge in [0.1, 0.15) is 0 Å². The van der Waals surface area contributed by atoms with Crippen LogP contribution in [0.5, 0.6) is 0 Å². The van der Waals surface area contributed by atoms with Crippen LogP contribution >= 0.6 is 0 Å². The molecule has 1 amide bonds. The fourth-order valence-corrected chi connectivity index (χ4v) is 3.28. The summed E-state index contributed by atoms with van der Waals surface area (Å²) in [7, 11) is 0. The van der Waals surface area contributed by atoms with Gasteiger partial charge in [-0.2, -0.15) is 0 Å². The van der Waals surface area contributed by atoms with Gasteiger partial charge in [-0.05, 0) is 38.6 Å². The molecule has 0 aromatic heterocycles. The second kappa shape index (κ2) is 7.96. The van der Waals surface area contributed by atoms with Gasteiger partial charge in [-0.3, -0.25) is 4.79 Å². The van der Waals surface area contributed by atoms with E-state index < -0.39 is 0 Å². The van der Waals surface area contributed by atoms with Crippen molar-refractivity contribution in [2.75, 3.05) is 32.9 Å². The molecule has 2 aliphatic rings. The fourth-order valence-electron chi connectivity index (χ4n) is 3.28. The molecule has 20 heavy (non-hydrogen) atoms. The molecule has 0 aliphatic carbocycles. The number of likely N-dealkylation sites (tertiary alicyclic amines) is 1. The number of nitrogens with zero attached hydrogens (tertiary/aromatic N) is 1. The number of aliphatic hydroxyl groups is 1. The second-order valence-electron chi connectivity index (χ2n) is 5.90. The van der Waals surface area contributed by atoms with E-state index in [2.05, 4.69) is 12.2 Å². The first-order chi connectivity index (χ1) is 9.77. The third-order valence-corrected chi connectivity index (χ3v) is 4.43. The number of carbonyl (C=O) groups is 1. The Hall–Kier alpha value is -0.650. The van der Waals surface area contributed by atoms with Crippen LogP contribution in [0, 0.1) is 5.92 Å². The van der Waals surface area contributed by atoms with Crippen molar-refractivity contribution in [3.8, 4) is 0 Å². The van der Waals surface area contributed by atoms with Gasteiger partial charge in [-0.1, -0.05) is 6.92 Å². The molecule has 2 N–H and O–H groups in total. The van der Waals surface area contributed by atoms with Crippen molar-refractivity contribution in [2.45, 2.75) is 51.1 Å². The molecule has 0 radical (unpaired) electrons. The third-order valence-electron chi connectivity index (χ3n) is 4.43. The zero-order valence-electron chi connectivity index (χ0n) is 12.5. The van der Waals surface area contributed by atoms with E-state index in [-0.39, 0.29) is 30.5 Å². The van der Waals surface area contributed by atoms with Crippen LogP contribution in [-0.2, 0) is 9.53 Å². The first-order valence-electron chi connectivity index (χ1n) is 8.00. The normalized spacial score (nSPS) is 30.7. The lowest BCUT2D eigenvalue weighted by molar-refractivity contribution is -0.140. The van der Waals surface area contributed by atoms with Crippen LogP contribution in [-0.4, -0.2) is 60.9 Å². The third kappa shape index (κ3) is 3.71. The number of carbonyl (C=O) groups excluding carboxylic acids is 1. The van der Waals surface area contributed by atoms with Crippen LogP contribution in [0.1, 0.15) is 39.0 Å². The van der Waals surface area contributed by atoms with Crippen molar-refractivity contribution in [3.05, 3.63) is 0 Å². The summed E-state index contributed by atoms with van der Waals surface area (Å²) >= 11 is 0. The maximum atomic E-state index is 12.8. The first-order valence-corrected chi connectivity index (χ1v) is 8.00. The molecule has 0 spiro atoms. The average molecular weight is 284 g/mol. The Morgan fingerprint density at radius 3 is 3.00 bits per heavy atom. The van der Waals surface area contributed by atoms with Crippen LogP contribution in [0.4, 0.5) is 0 Å². The average Bonchev–Trinajstić information content (AvgIpc) is 2.93. The number of amides is 1. The largest absolute Gasteiger partial charge is 0.396 e. The Morgan fingerprint density at radius 2 is 2.25 bits per heavy atom. The van der Waals surface area contributed by atoms with Gasteiger partial charge in [0, 0.05) is 25.2 Å². The topological polar surface area (TPSA) is 61.8 Å². The molecule has 2 saturated heterocycles. The predicted octanol–water partition coefficient (Wildman–Crippen LogP) is 0.764. The van der Waals surface area contributed by atoms with Gasteiger partial charge in [0.2, 0.25) is 5.91 Å². The number of aliphatic hydroxyl groups excluding tert-OH is 1. The van der Waals surface area contributed by atoms with E-state index >= 15 is 0 Å². The molecule has 2 heterocycles. The summed E-state index contributed by atoms with van der Waals surface area (Å²) in [6.45, 7) is 5.21. The number of nitrogens with one attached hydrogen (secondary N) is 1. The Balaban J connectivity index is 1.96. The summed E-state index contributed by atoms with van der Waals surface area (Å²) in [4.78, 5) is 14.8. The maximum Gasteiger partial charge on any atom is 0.229 e. The molecule has 2 aliphatic heterocycles. The van der Waals surface area contributed by atoms with Crippen molar-refractivity contribution < 1.29 is 14.6 Å². The molecular formula is C15H28N2O3. The lowest BCUT2D eigenvalue weighted by Crippen LogP contribution is -2.51. The van der Waals surface area contributed by atoms with Crippen LogP contribution in [0.25, 0.3) is 0 Å². The summed E-state index contributed by atoms with van der Waals surface area (Å²) < 4.78 is 5.51. The molecule has 5 heteroatoms. The summed E-state index contributed by atoms with van der Waals surface area (Å²) in [5, 5.41) is 12.6. The molecule has 2 rings (SSSR count). The lowest BCUT2D eigenvalue weighted by Gasteiger charge is -2.38. The lowest BCUT2D eigenvalue weighted by atomic mass is 9.95. The molecule has 2 fully saturated rings. The SMILES string of the molecule is CCCNC1COCC1C(=O)N1CCCCC1CCO.